The van der Waals surface area contributed by atoms with Crippen molar-refractivity contribution in [2.75, 3.05) is 33.2 Å². The summed E-state index contributed by atoms with van der Waals surface area (Å²) in [4.78, 5) is 14.0. The van der Waals surface area contributed by atoms with Crippen LogP contribution < -0.4 is 10.6 Å². The molecule has 0 saturated carbocycles. The molecule has 3 rings (SSSR count). The zero-order chi connectivity index (χ0) is 18.6. The van der Waals surface area contributed by atoms with E-state index in [4.69, 9.17) is 0 Å². The van der Waals surface area contributed by atoms with Crippen LogP contribution in [-0.4, -0.2) is 58.3 Å². The van der Waals surface area contributed by atoms with Crippen LogP contribution in [0.2, 0.25) is 0 Å². The van der Waals surface area contributed by atoms with Crippen molar-refractivity contribution >= 4 is 21.8 Å². The molecule has 1 atom stereocenters. The number of carbonyl (C=O) groups excluding carboxylic acids is 1. The molecule has 0 radical (unpaired) electrons. The van der Waals surface area contributed by atoms with Crippen LogP contribution in [0.15, 0.2) is 33.6 Å². The molecule has 0 spiro atoms. The summed E-state index contributed by atoms with van der Waals surface area (Å²) in [6.07, 6.45) is 3.28. The molecule has 1 fully saturated rings. The third kappa shape index (κ3) is 4.42. The molecule has 8 heteroatoms. The minimum atomic E-state index is -3.60. The van der Waals surface area contributed by atoms with Crippen LogP contribution in [0.3, 0.4) is 0 Å². The Morgan fingerprint density at radius 3 is 2.96 bits per heavy atom. The molecule has 1 aromatic rings. The number of sulfonamides is 1. The molecule has 142 valence electrons. The van der Waals surface area contributed by atoms with E-state index in [1.54, 1.807) is 36.2 Å². The van der Waals surface area contributed by atoms with Crippen LogP contribution >= 0.6 is 0 Å². The van der Waals surface area contributed by atoms with E-state index < -0.39 is 10.0 Å². The predicted molar refractivity (Wildman–Crippen MR) is 101 cm³/mol. The highest BCUT2D eigenvalue weighted by Crippen LogP contribution is 2.26. The lowest BCUT2D eigenvalue weighted by molar-refractivity contribution is -0.121. The van der Waals surface area contributed by atoms with Gasteiger partial charge >= 0.3 is 0 Å². The van der Waals surface area contributed by atoms with E-state index in [9.17, 15) is 13.2 Å². The number of hydrogen-bond acceptors (Lipinski definition) is 5. The monoisotopic (exact) mass is 378 g/mol. The summed E-state index contributed by atoms with van der Waals surface area (Å²) in [6.45, 7) is 3.42. The SMILES string of the molecule is CN(CCCC(=O)NCCC1CCNC1)C1=NS(=O)(=O)c2ccccc21. The van der Waals surface area contributed by atoms with Crippen LogP contribution in [0.4, 0.5) is 0 Å². The van der Waals surface area contributed by atoms with Gasteiger partial charge in [0, 0.05) is 32.1 Å². The first-order valence-electron chi connectivity index (χ1n) is 9.10. The number of amidine groups is 1. The summed E-state index contributed by atoms with van der Waals surface area (Å²) < 4.78 is 28.1. The summed E-state index contributed by atoms with van der Waals surface area (Å²) in [5, 5.41) is 6.29. The molecule has 7 nitrogen and oxygen atoms in total. The van der Waals surface area contributed by atoms with Crippen molar-refractivity contribution < 1.29 is 13.2 Å². The number of hydrogen-bond donors (Lipinski definition) is 2. The van der Waals surface area contributed by atoms with E-state index >= 15 is 0 Å². The highest BCUT2D eigenvalue weighted by molar-refractivity contribution is 7.90. The van der Waals surface area contributed by atoms with Gasteiger partial charge in [0.05, 0.1) is 0 Å². The Balaban J connectivity index is 1.43. The van der Waals surface area contributed by atoms with E-state index in [1.165, 1.54) is 6.42 Å². The van der Waals surface area contributed by atoms with E-state index in [-0.39, 0.29) is 10.8 Å². The van der Waals surface area contributed by atoms with Crippen LogP contribution in [0.1, 0.15) is 31.2 Å². The molecule has 2 N–H and O–H groups in total. The summed E-state index contributed by atoms with van der Waals surface area (Å²) in [7, 11) is -1.79. The summed E-state index contributed by atoms with van der Waals surface area (Å²) >= 11 is 0. The van der Waals surface area contributed by atoms with Gasteiger partial charge in [-0.3, -0.25) is 4.79 Å². The lowest BCUT2D eigenvalue weighted by atomic mass is 10.1. The summed E-state index contributed by atoms with van der Waals surface area (Å²) in [5.41, 5.74) is 0.629. The topological polar surface area (TPSA) is 90.9 Å². The third-order valence-electron chi connectivity index (χ3n) is 4.91. The zero-order valence-corrected chi connectivity index (χ0v) is 15.9. The van der Waals surface area contributed by atoms with Gasteiger partial charge < -0.3 is 15.5 Å². The Bertz CT molecular complexity index is 785. The maximum absolute atomic E-state index is 12.1. The number of amides is 1. The van der Waals surface area contributed by atoms with Gasteiger partial charge in [-0.1, -0.05) is 12.1 Å². The van der Waals surface area contributed by atoms with Gasteiger partial charge in [-0.05, 0) is 50.4 Å². The molecule has 0 aliphatic carbocycles. The van der Waals surface area contributed by atoms with E-state index in [0.717, 1.165) is 26.1 Å². The van der Waals surface area contributed by atoms with Gasteiger partial charge in [0.25, 0.3) is 10.0 Å². The minimum absolute atomic E-state index is 0.0470. The number of rotatable bonds is 7. The van der Waals surface area contributed by atoms with Crippen LogP contribution in [0.25, 0.3) is 0 Å². The Kier molecular flexibility index (Phi) is 5.93. The number of fused-ring (bicyclic) bond motifs is 1. The van der Waals surface area contributed by atoms with Gasteiger partial charge in [-0.15, -0.1) is 4.40 Å². The maximum Gasteiger partial charge on any atom is 0.285 e. The number of nitrogens with zero attached hydrogens (tertiary/aromatic N) is 2. The van der Waals surface area contributed by atoms with Crippen molar-refractivity contribution in [1.82, 2.24) is 15.5 Å². The number of nitrogens with one attached hydrogen (secondary N) is 2. The van der Waals surface area contributed by atoms with Gasteiger partial charge in [0.2, 0.25) is 5.91 Å². The zero-order valence-electron chi connectivity index (χ0n) is 15.1. The minimum Gasteiger partial charge on any atom is -0.358 e. The van der Waals surface area contributed by atoms with Crippen LogP contribution in [-0.2, 0) is 14.8 Å². The lowest BCUT2D eigenvalue weighted by Crippen LogP contribution is -2.30. The molecule has 1 amide bonds. The first-order valence-corrected chi connectivity index (χ1v) is 10.5. The number of benzene rings is 1. The Morgan fingerprint density at radius 1 is 1.38 bits per heavy atom. The molecule has 2 aliphatic heterocycles. The summed E-state index contributed by atoms with van der Waals surface area (Å²) in [6, 6.07) is 6.83. The van der Waals surface area contributed by atoms with Crippen molar-refractivity contribution in [2.45, 2.75) is 30.6 Å². The van der Waals surface area contributed by atoms with Gasteiger partial charge in [-0.25, -0.2) is 0 Å². The van der Waals surface area contributed by atoms with Crippen molar-refractivity contribution in [3.05, 3.63) is 29.8 Å². The fourth-order valence-corrected chi connectivity index (χ4v) is 4.66. The molecule has 1 unspecified atom stereocenters. The van der Waals surface area contributed by atoms with Crippen LogP contribution in [0, 0.1) is 5.92 Å². The molecule has 2 heterocycles. The molecule has 1 aromatic carbocycles. The highest BCUT2D eigenvalue weighted by Gasteiger charge is 2.30. The second kappa shape index (κ2) is 8.18. The third-order valence-corrected chi connectivity index (χ3v) is 6.23. The van der Waals surface area contributed by atoms with E-state index in [2.05, 4.69) is 15.0 Å². The second-order valence-electron chi connectivity index (χ2n) is 6.91. The number of carbonyl (C=O) groups is 1. The van der Waals surface area contributed by atoms with Crippen molar-refractivity contribution in [2.24, 2.45) is 10.3 Å². The average molecular weight is 378 g/mol. The lowest BCUT2D eigenvalue weighted by Gasteiger charge is -2.18. The molecular formula is C18H26N4O3S. The fourth-order valence-electron chi connectivity index (χ4n) is 3.41. The van der Waals surface area contributed by atoms with E-state index in [0.29, 0.717) is 36.7 Å². The largest absolute Gasteiger partial charge is 0.358 e. The molecule has 0 bridgehead atoms. The Labute approximate surface area is 154 Å². The second-order valence-corrected chi connectivity index (χ2v) is 8.48. The molecule has 2 aliphatic rings. The highest BCUT2D eigenvalue weighted by atomic mass is 32.2. The van der Waals surface area contributed by atoms with Crippen molar-refractivity contribution in [3.8, 4) is 0 Å². The normalized spacial score (nSPS) is 20.5. The van der Waals surface area contributed by atoms with Crippen LogP contribution in [0.5, 0.6) is 0 Å². The predicted octanol–water partition coefficient (Wildman–Crippen LogP) is 0.963. The average Bonchev–Trinajstić information content (AvgIpc) is 3.21. The molecule has 1 saturated heterocycles. The smallest absolute Gasteiger partial charge is 0.285 e. The first-order chi connectivity index (χ1) is 12.5. The standard InChI is InChI=1S/C18H26N4O3S/c1-22(18-15-5-2-3-6-16(15)26(24,25)21-18)12-4-7-17(23)20-11-9-14-8-10-19-13-14/h2-3,5-6,14,19H,4,7-13H2,1H3,(H,20,23). The fraction of sp³-hybridized carbons (Fsp3) is 0.556. The van der Waals surface area contributed by atoms with Gasteiger partial charge in [-0.2, -0.15) is 8.42 Å². The summed E-state index contributed by atoms with van der Waals surface area (Å²) in [5.74, 6) is 1.17. The van der Waals surface area contributed by atoms with Crippen molar-refractivity contribution in [3.63, 3.8) is 0 Å². The first kappa shape index (κ1) is 18.8. The molecule has 26 heavy (non-hydrogen) atoms. The molecule has 0 aromatic heterocycles. The van der Waals surface area contributed by atoms with Gasteiger partial charge in [0.1, 0.15) is 10.7 Å². The van der Waals surface area contributed by atoms with Gasteiger partial charge in [0.15, 0.2) is 0 Å². The maximum atomic E-state index is 12.1. The Morgan fingerprint density at radius 2 is 2.19 bits per heavy atom. The molecular weight excluding hydrogens is 352 g/mol. The van der Waals surface area contributed by atoms with Crippen molar-refractivity contribution in [1.29, 1.82) is 0 Å². The Hall–Kier alpha value is -1.93. The quantitative estimate of drug-likeness (QED) is 0.738. The van der Waals surface area contributed by atoms with E-state index in [1.807, 2.05) is 0 Å².